The third-order valence-electron chi connectivity index (χ3n) is 2.67. The second kappa shape index (κ2) is 2.51. The zero-order valence-corrected chi connectivity index (χ0v) is 6.64. The molecule has 2 saturated heterocycles. The van der Waals surface area contributed by atoms with Crippen LogP contribution in [0.4, 0.5) is 0 Å². The van der Waals surface area contributed by atoms with Gasteiger partial charge in [-0.05, 0) is 38.4 Å². The quantitative estimate of drug-likeness (QED) is 0.515. The Labute approximate surface area is 62.6 Å². The first-order valence-corrected chi connectivity index (χ1v) is 4.24. The van der Waals surface area contributed by atoms with E-state index in [1.807, 2.05) is 0 Å². The first-order chi connectivity index (χ1) is 4.84. The minimum Gasteiger partial charge on any atom is -0.316 e. The van der Waals surface area contributed by atoms with E-state index in [2.05, 4.69) is 17.3 Å². The fourth-order valence-corrected chi connectivity index (χ4v) is 2.36. The van der Waals surface area contributed by atoms with Crippen molar-refractivity contribution in [2.45, 2.75) is 6.42 Å². The van der Waals surface area contributed by atoms with Gasteiger partial charge in [0.1, 0.15) is 0 Å². The smallest absolute Gasteiger partial charge is 0.00190 e. The molecule has 0 aromatic carbocycles. The summed E-state index contributed by atoms with van der Waals surface area (Å²) in [4.78, 5) is 2.47. The van der Waals surface area contributed by atoms with E-state index in [-0.39, 0.29) is 0 Å². The van der Waals surface area contributed by atoms with Crippen molar-refractivity contribution < 1.29 is 0 Å². The Morgan fingerprint density at radius 1 is 1.20 bits per heavy atom. The molecule has 0 aromatic heterocycles. The van der Waals surface area contributed by atoms with Gasteiger partial charge in [-0.15, -0.1) is 0 Å². The number of piperidine rings is 2. The van der Waals surface area contributed by atoms with Crippen molar-refractivity contribution in [2.75, 3.05) is 33.2 Å². The zero-order chi connectivity index (χ0) is 6.97. The Kier molecular flexibility index (Phi) is 1.66. The molecular formula is C8H16N2. The maximum atomic E-state index is 3.48. The van der Waals surface area contributed by atoms with Gasteiger partial charge < -0.3 is 10.2 Å². The predicted molar refractivity (Wildman–Crippen MR) is 42.0 cm³/mol. The van der Waals surface area contributed by atoms with E-state index < -0.39 is 0 Å². The van der Waals surface area contributed by atoms with Crippen LogP contribution >= 0.6 is 0 Å². The van der Waals surface area contributed by atoms with E-state index >= 15 is 0 Å². The van der Waals surface area contributed by atoms with Crippen LogP contribution in [0.2, 0.25) is 0 Å². The van der Waals surface area contributed by atoms with Crippen LogP contribution in [0.1, 0.15) is 6.42 Å². The van der Waals surface area contributed by atoms with E-state index in [1.165, 1.54) is 32.6 Å². The average molecular weight is 140 g/mol. The molecule has 0 aromatic rings. The molecule has 0 spiro atoms. The van der Waals surface area contributed by atoms with Gasteiger partial charge in [0.05, 0.1) is 0 Å². The lowest BCUT2D eigenvalue weighted by molar-refractivity contribution is 0.119. The minimum absolute atomic E-state index is 0.942. The maximum absolute atomic E-state index is 3.48. The van der Waals surface area contributed by atoms with Gasteiger partial charge in [0.15, 0.2) is 0 Å². The van der Waals surface area contributed by atoms with Gasteiger partial charge in [0, 0.05) is 13.1 Å². The fraction of sp³-hybridized carbons (Fsp3) is 1.00. The van der Waals surface area contributed by atoms with Crippen LogP contribution in [0.5, 0.6) is 0 Å². The van der Waals surface area contributed by atoms with Crippen LogP contribution in [0, 0.1) is 11.8 Å². The Hall–Kier alpha value is -0.0800. The molecule has 2 atom stereocenters. The number of rotatable bonds is 0. The van der Waals surface area contributed by atoms with Gasteiger partial charge >= 0.3 is 0 Å². The number of hydrogen-bond acceptors (Lipinski definition) is 2. The van der Waals surface area contributed by atoms with Gasteiger partial charge in [-0.3, -0.25) is 0 Å². The summed E-state index contributed by atoms with van der Waals surface area (Å²) in [5.41, 5.74) is 0. The Morgan fingerprint density at radius 2 is 1.80 bits per heavy atom. The molecule has 2 aliphatic heterocycles. The molecule has 1 N–H and O–H groups in total. The molecule has 10 heavy (non-hydrogen) atoms. The second-order valence-electron chi connectivity index (χ2n) is 3.85. The normalized spacial score (nSPS) is 41.7. The molecule has 0 radical (unpaired) electrons. The van der Waals surface area contributed by atoms with E-state index in [1.54, 1.807) is 0 Å². The lowest BCUT2D eigenvalue weighted by Gasteiger charge is -2.39. The summed E-state index contributed by atoms with van der Waals surface area (Å²) in [6, 6.07) is 0. The number of likely N-dealkylation sites (tertiary alicyclic amines) is 1. The molecule has 0 aliphatic carbocycles. The molecule has 2 nitrogen and oxygen atoms in total. The topological polar surface area (TPSA) is 15.3 Å². The SMILES string of the molecule is CN1C[C@@H]2CNC[C@@H](C2)C1. The van der Waals surface area contributed by atoms with Gasteiger partial charge in [0.25, 0.3) is 0 Å². The van der Waals surface area contributed by atoms with Crippen molar-refractivity contribution >= 4 is 0 Å². The minimum atomic E-state index is 0.942. The zero-order valence-electron chi connectivity index (χ0n) is 6.64. The van der Waals surface area contributed by atoms with Crippen LogP contribution in [0.25, 0.3) is 0 Å². The molecule has 2 heteroatoms. The molecule has 2 heterocycles. The van der Waals surface area contributed by atoms with Crippen LogP contribution < -0.4 is 5.32 Å². The van der Waals surface area contributed by atoms with Gasteiger partial charge in [0.2, 0.25) is 0 Å². The largest absolute Gasteiger partial charge is 0.316 e. The van der Waals surface area contributed by atoms with Crippen LogP contribution in [-0.4, -0.2) is 38.1 Å². The van der Waals surface area contributed by atoms with Crippen LogP contribution in [0.3, 0.4) is 0 Å². The van der Waals surface area contributed by atoms with Crippen molar-refractivity contribution in [3.8, 4) is 0 Å². The number of hydrogen-bond donors (Lipinski definition) is 1. The number of fused-ring (bicyclic) bond motifs is 2. The van der Waals surface area contributed by atoms with Crippen molar-refractivity contribution in [3.05, 3.63) is 0 Å². The standard InChI is InChI=1S/C8H16N2/c1-10-5-7-2-8(6-10)4-9-3-7/h7-9H,2-6H2,1H3/t7-,8+. The highest BCUT2D eigenvalue weighted by Gasteiger charge is 2.28. The highest BCUT2D eigenvalue weighted by molar-refractivity contribution is 4.84. The summed E-state index contributed by atoms with van der Waals surface area (Å²) in [5, 5.41) is 3.48. The molecular weight excluding hydrogens is 124 g/mol. The van der Waals surface area contributed by atoms with E-state index in [9.17, 15) is 0 Å². The van der Waals surface area contributed by atoms with Crippen molar-refractivity contribution in [2.24, 2.45) is 11.8 Å². The molecule has 2 fully saturated rings. The monoisotopic (exact) mass is 140 g/mol. The van der Waals surface area contributed by atoms with E-state index in [0.717, 1.165) is 11.8 Å². The van der Waals surface area contributed by atoms with Gasteiger partial charge in [-0.1, -0.05) is 0 Å². The van der Waals surface area contributed by atoms with Gasteiger partial charge in [-0.25, -0.2) is 0 Å². The summed E-state index contributed by atoms with van der Waals surface area (Å²) in [6.45, 7) is 5.12. The molecule has 2 aliphatic rings. The summed E-state index contributed by atoms with van der Waals surface area (Å²) >= 11 is 0. The van der Waals surface area contributed by atoms with Crippen LogP contribution in [0.15, 0.2) is 0 Å². The Bertz CT molecular complexity index is 108. The summed E-state index contributed by atoms with van der Waals surface area (Å²) in [5.74, 6) is 1.88. The van der Waals surface area contributed by atoms with Crippen molar-refractivity contribution in [3.63, 3.8) is 0 Å². The second-order valence-corrected chi connectivity index (χ2v) is 3.85. The Balaban J connectivity index is 1.98. The fourth-order valence-electron chi connectivity index (χ4n) is 2.36. The summed E-state index contributed by atoms with van der Waals surface area (Å²) < 4.78 is 0. The third kappa shape index (κ3) is 1.18. The summed E-state index contributed by atoms with van der Waals surface area (Å²) in [7, 11) is 2.24. The predicted octanol–water partition coefficient (Wildman–Crippen LogP) is 0.157. The van der Waals surface area contributed by atoms with Gasteiger partial charge in [-0.2, -0.15) is 0 Å². The molecule has 0 saturated carbocycles. The molecule has 0 amide bonds. The first kappa shape index (κ1) is 6.62. The number of nitrogens with zero attached hydrogens (tertiary/aromatic N) is 1. The summed E-state index contributed by atoms with van der Waals surface area (Å²) in [6.07, 6.45) is 1.47. The molecule has 2 rings (SSSR count). The lowest BCUT2D eigenvalue weighted by atomic mass is 9.86. The van der Waals surface area contributed by atoms with E-state index in [4.69, 9.17) is 0 Å². The molecule has 0 unspecified atom stereocenters. The van der Waals surface area contributed by atoms with E-state index in [0.29, 0.717) is 0 Å². The van der Waals surface area contributed by atoms with Crippen LogP contribution in [-0.2, 0) is 0 Å². The van der Waals surface area contributed by atoms with Crippen molar-refractivity contribution in [1.82, 2.24) is 10.2 Å². The highest BCUT2D eigenvalue weighted by Crippen LogP contribution is 2.22. The third-order valence-corrected chi connectivity index (χ3v) is 2.67. The maximum Gasteiger partial charge on any atom is 0.00190 e. The lowest BCUT2D eigenvalue weighted by Crippen LogP contribution is -2.49. The molecule has 58 valence electrons. The highest BCUT2D eigenvalue weighted by atomic mass is 15.1. The average Bonchev–Trinajstić information content (AvgIpc) is 1.85. The van der Waals surface area contributed by atoms with Crippen molar-refractivity contribution in [1.29, 1.82) is 0 Å². The Morgan fingerprint density at radius 3 is 2.40 bits per heavy atom. The molecule has 2 bridgehead atoms. The number of nitrogens with one attached hydrogen (secondary N) is 1. The first-order valence-electron chi connectivity index (χ1n) is 4.24.